The van der Waals surface area contributed by atoms with Crippen LogP contribution in [0.15, 0.2) is 35.0 Å². The van der Waals surface area contributed by atoms with Crippen LogP contribution >= 0.6 is 11.3 Å². The van der Waals surface area contributed by atoms with E-state index in [1.54, 1.807) is 11.3 Å². The molecule has 1 aliphatic carbocycles. The number of aromatic nitrogens is 1. The normalized spacial score (nSPS) is 19.9. The minimum Gasteiger partial charge on any atom is -0.378 e. The summed E-state index contributed by atoms with van der Waals surface area (Å²) in [6.45, 7) is 5.04. The SMILES string of the molecule is O=C(Cc1ccsc1)N(Cc1cc2cc3c(cc2nc1N1CCOCC1)CCC3)C[C@@H]1CCCO1. The number of pyridine rings is 1. The van der Waals surface area contributed by atoms with Crippen LogP contribution in [0.25, 0.3) is 10.9 Å². The van der Waals surface area contributed by atoms with Crippen LogP contribution in [0, 0.1) is 0 Å². The Morgan fingerprint density at radius 1 is 1.11 bits per heavy atom. The van der Waals surface area contributed by atoms with Gasteiger partial charge in [0.1, 0.15) is 5.82 Å². The highest BCUT2D eigenvalue weighted by Crippen LogP contribution is 2.31. The first-order valence-electron chi connectivity index (χ1n) is 12.9. The van der Waals surface area contributed by atoms with Crippen LogP contribution in [0.1, 0.15) is 41.5 Å². The Morgan fingerprint density at radius 3 is 2.74 bits per heavy atom. The van der Waals surface area contributed by atoms with Crippen molar-refractivity contribution >= 4 is 34.0 Å². The molecule has 3 aliphatic rings. The number of aryl methyl sites for hydroxylation is 2. The van der Waals surface area contributed by atoms with Gasteiger partial charge >= 0.3 is 0 Å². The quantitative estimate of drug-likeness (QED) is 0.491. The highest BCUT2D eigenvalue weighted by atomic mass is 32.1. The molecule has 0 saturated carbocycles. The first-order chi connectivity index (χ1) is 17.2. The van der Waals surface area contributed by atoms with Gasteiger partial charge in [0, 0.05) is 43.7 Å². The summed E-state index contributed by atoms with van der Waals surface area (Å²) in [4.78, 5) is 23.1. The van der Waals surface area contributed by atoms with Gasteiger partial charge in [-0.15, -0.1) is 0 Å². The van der Waals surface area contributed by atoms with Crippen molar-refractivity contribution in [1.29, 1.82) is 0 Å². The van der Waals surface area contributed by atoms with Crippen LogP contribution in [0.5, 0.6) is 0 Å². The van der Waals surface area contributed by atoms with Crippen molar-refractivity contribution in [3.63, 3.8) is 0 Å². The number of anilines is 1. The lowest BCUT2D eigenvalue weighted by molar-refractivity contribution is -0.132. The summed E-state index contributed by atoms with van der Waals surface area (Å²) in [5.41, 5.74) is 6.16. The summed E-state index contributed by atoms with van der Waals surface area (Å²) in [6.07, 6.45) is 6.15. The Morgan fingerprint density at radius 2 is 1.97 bits per heavy atom. The maximum Gasteiger partial charge on any atom is 0.227 e. The van der Waals surface area contributed by atoms with E-state index < -0.39 is 0 Å². The van der Waals surface area contributed by atoms with Gasteiger partial charge in [-0.1, -0.05) is 0 Å². The number of fused-ring (bicyclic) bond motifs is 2. The number of carbonyl (C=O) groups excluding carboxylic acids is 1. The van der Waals surface area contributed by atoms with Crippen molar-refractivity contribution in [3.8, 4) is 0 Å². The van der Waals surface area contributed by atoms with E-state index in [0.29, 0.717) is 32.7 Å². The van der Waals surface area contributed by atoms with Crippen LogP contribution in [0.4, 0.5) is 5.82 Å². The van der Waals surface area contributed by atoms with E-state index in [1.165, 1.54) is 22.9 Å². The number of hydrogen-bond acceptors (Lipinski definition) is 6. The second-order valence-corrected chi connectivity index (χ2v) is 10.7. The number of hydrogen-bond donors (Lipinski definition) is 0. The molecule has 0 unspecified atom stereocenters. The molecule has 0 radical (unpaired) electrons. The van der Waals surface area contributed by atoms with Gasteiger partial charge in [-0.25, -0.2) is 4.98 Å². The van der Waals surface area contributed by atoms with E-state index in [-0.39, 0.29) is 12.0 Å². The minimum absolute atomic E-state index is 0.116. The Kier molecular flexibility index (Phi) is 6.72. The largest absolute Gasteiger partial charge is 0.378 e. The van der Waals surface area contributed by atoms with Gasteiger partial charge in [0.25, 0.3) is 0 Å². The van der Waals surface area contributed by atoms with E-state index in [0.717, 1.165) is 67.8 Å². The number of morpholine rings is 1. The van der Waals surface area contributed by atoms with E-state index in [4.69, 9.17) is 14.5 Å². The lowest BCUT2D eigenvalue weighted by Crippen LogP contribution is -2.40. The van der Waals surface area contributed by atoms with E-state index >= 15 is 0 Å². The smallest absolute Gasteiger partial charge is 0.227 e. The van der Waals surface area contributed by atoms with Crippen molar-refractivity contribution in [2.75, 3.05) is 44.4 Å². The highest BCUT2D eigenvalue weighted by Gasteiger charge is 2.26. The van der Waals surface area contributed by atoms with E-state index in [2.05, 4.69) is 28.5 Å². The van der Waals surface area contributed by atoms with Crippen LogP contribution in [-0.2, 0) is 40.1 Å². The zero-order valence-corrected chi connectivity index (χ0v) is 21.0. The van der Waals surface area contributed by atoms with Crippen LogP contribution in [-0.4, -0.2) is 61.3 Å². The zero-order chi connectivity index (χ0) is 23.6. The zero-order valence-electron chi connectivity index (χ0n) is 20.2. The first-order valence-corrected chi connectivity index (χ1v) is 13.9. The van der Waals surface area contributed by atoms with Gasteiger partial charge in [-0.05, 0) is 83.8 Å². The third-order valence-corrected chi connectivity index (χ3v) is 8.22. The van der Waals surface area contributed by atoms with Crippen LogP contribution < -0.4 is 4.90 Å². The molecule has 35 heavy (non-hydrogen) atoms. The highest BCUT2D eigenvalue weighted by molar-refractivity contribution is 7.08. The molecule has 1 atom stereocenters. The molecule has 2 aromatic heterocycles. The third kappa shape index (κ3) is 5.08. The van der Waals surface area contributed by atoms with Crippen molar-refractivity contribution in [3.05, 3.63) is 57.3 Å². The summed E-state index contributed by atoms with van der Waals surface area (Å²) >= 11 is 1.64. The maximum absolute atomic E-state index is 13.5. The molecule has 3 aromatic rings. The van der Waals surface area contributed by atoms with Crippen molar-refractivity contribution in [1.82, 2.24) is 9.88 Å². The van der Waals surface area contributed by atoms with E-state index in [9.17, 15) is 4.79 Å². The fourth-order valence-corrected chi connectivity index (χ4v) is 6.29. The molecule has 184 valence electrons. The number of thiophene rings is 1. The molecule has 7 heteroatoms. The summed E-state index contributed by atoms with van der Waals surface area (Å²) in [7, 11) is 0. The average molecular weight is 492 g/mol. The molecule has 0 spiro atoms. The Labute approximate surface area is 210 Å². The molecule has 4 heterocycles. The third-order valence-electron chi connectivity index (χ3n) is 7.49. The van der Waals surface area contributed by atoms with Gasteiger partial charge in [-0.3, -0.25) is 4.79 Å². The second-order valence-electron chi connectivity index (χ2n) is 9.96. The monoisotopic (exact) mass is 491 g/mol. The lowest BCUT2D eigenvalue weighted by Gasteiger charge is -2.32. The average Bonchev–Trinajstić information content (AvgIpc) is 3.66. The standard InChI is InChI=1S/C28H33N3O3S/c32-27(13-20-6-12-35-19-20)31(18-25-5-2-9-34-25)17-24-15-23-14-21-3-1-4-22(21)16-26(23)29-28(24)30-7-10-33-11-8-30/h6,12,14-16,19,25H,1-5,7-11,13,17-18H2/t25-/m0/s1. The second kappa shape index (κ2) is 10.2. The van der Waals surface area contributed by atoms with Gasteiger partial charge in [0.05, 0.1) is 31.3 Å². The summed E-state index contributed by atoms with van der Waals surface area (Å²) in [5.74, 6) is 1.15. The molecule has 6 rings (SSSR count). The summed E-state index contributed by atoms with van der Waals surface area (Å²) in [6, 6.07) is 8.95. The lowest BCUT2D eigenvalue weighted by atomic mass is 10.0. The number of ether oxygens (including phenoxy) is 2. The number of rotatable bonds is 7. The van der Waals surface area contributed by atoms with Gasteiger partial charge in [-0.2, -0.15) is 11.3 Å². The van der Waals surface area contributed by atoms with Crippen molar-refractivity contribution < 1.29 is 14.3 Å². The Hall–Kier alpha value is -2.48. The molecule has 1 amide bonds. The molecule has 1 aromatic carbocycles. The summed E-state index contributed by atoms with van der Waals surface area (Å²) < 4.78 is 11.6. The van der Waals surface area contributed by atoms with Crippen LogP contribution in [0.3, 0.4) is 0 Å². The van der Waals surface area contributed by atoms with Gasteiger partial charge < -0.3 is 19.3 Å². The molecule has 0 bridgehead atoms. The molecule has 2 fully saturated rings. The molecular formula is C28H33N3O3S. The van der Waals surface area contributed by atoms with Gasteiger partial charge in [0.2, 0.25) is 5.91 Å². The topological polar surface area (TPSA) is 54.9 Å². The summed E-state index contributed by atoms with van der Waals surface area (Å²) in [5, 5.41) is 5.29. The number of benzene rings is 1. The van der Waals surface area contributed by atoms with Crippen LogP contribution in [0.2, 0.25) is 0 Å². The predicted molar refractivity (Wildman–Crippen MR) is 139 cm³/mol. The van der Waals surface area contributed by atoms with Crippen molar-refractivity contribution in [2.24, 2.45) is 0 Å². The molecule has 2 aliphatic heterocycles. The number of nitrogens with zero attached hydrogens (tertiary/aromatic N) is 3. The van der Waals surface area contributed by atoms with E-state index in [1.807, 2.05) is 16.3 Å². The number of amides is 1. The maximum atomic E-state index is 13.5. The molecule has 6 nitrogen and oxygen atoms in total. The molecule has 2 saturated heterocycles. The number of carbonyl (C=O) groups is 1. The van der Waals surface area contributed by atoms with Crippen molar-refractivity contribution in [2.45, 2.75) is 51.2 Å². The minimum atomic E-state index is 0.116. The van der Waals surface area contributed by atoms with Gasteiger partial charge in [0.15, 0.2) is 0 Å². The Balaban J connectivity index is 1.36. The Bertz CT molecular complexity index is 1180. The molecule has 0 N–H and O–H groups in total. The fourth-order valence-electron chi connectivity index (χ4n) is 5.62. The molecular weight excluding hydrogens is 458 g/mol. The first kappa shape index (κ1) is 23.0. The predicted octanol–water partition coefficient (Wildman–Crippen LogP) is 4.37. The fraction of sp³-hybridized carbons (Fsp3) is 0.500.